The molecule has 3 atom stereocenters. The summed E-state index contributed by atoms with van der Waals surface area (Å²) in [5, 5.41) is 0. The van der Waals surface area contributed by atoms with E-state index in [2.05, 4.69) is 46.3 Å². The van der Waals surface area contributed by atoms with Crippen molar-refractivity contribution in [1.29, 1.82) is 0 Å². The second-order valence-corrected chi connectivity index (χ2v) is 12.5. The van der Waals surface area contributed by atoms with Gasteiger partial charge in [0.1, 0.15) is 0 Å². The van der Waals surface area contributed by atoms with Crippen LogP contribution in [0.1, 0.15) is 28.5 Å². The number of H-pyrrole nitrogens is 1. The first-order chi connectivity index (χ1) is 20.1. The van der Waals surface area contributed by atoms with Crippen LogP contribution in [0.3, 0.4) is 0 Å². The number of benzene rings is 3. The summed E-state index contributed by atoms with van der Waals surface area (Å²) < 4.78 is 26.7. The Morgan fingerprint density at radius 1 is 0.930 bits per heavy atom. The molecule has 43 heavy (non-hydrogen) atoms. The van der Waals surface area contributed by atoms with Crippen LogP contribution in [0.4, 0.5) is 0 Å². The van der Waals surface area contributed by atoms with Gasteiger partial charge in [0.05, 0.1) is 18.2 Å². The van der Waals surface area contributed by atoms with Crippen LogP contribution in [-0.4, -0.2) is 59.0 Å². The minimum Gasteiger partial charge on any atom is -0.766 e. The number of aromatic nitrogens is 2. The molecule has 2 heterocycles. The molecule has 1 N–H and O–H groups in total. The number of hydrogen-bond donors (Lipinski definition) is 1. The van der Waals surface area contributed by atoms with E-state index in [0.29, 0.717) is 5.56 Å². The molecule has 1 fully saturated rings. The molecular formula is C31H34N4NaO6P. The number of ether oxygens (including phenoxy) is 1. The van der Waals surface area contributed by atoms with Crippen LogP contribution in [-0.2, 0) is 19.4 Å². The Balaban J connectivity index is 0.00000423. The second kappa shape index (κ2) is 14.0. The van der Waals surface area contributed by atoms with Crippen molar-refractivity contribution in [2.75, 3.05) is 33.8 Å². The predicted molar refractivity (Wildman–Crippen MR) is 158 cm³/mol. The molecule has 0 radical (unpaired) electrons. The summed E-state index contributed by atoms with van der Waals surface area (Å²) >= 11 is 0. The maximum Gasteiger partial charge on any atom is 1.00 e. The zero-order valence-electron chi connectivity index (χ0n) is 24.8. The molecule has 220 valence electrons. The van der Waals surface area contributed by atoms with Gasteiger partial charge >= 0.3 is 35.2 Å². The molecule has 1 saturated heterocycles. The fourth-order valence-electron chi connectivity index (χ4n) is 5.52. The molecule has 12 heteroatoms. The Morgan fingerprint density at radius 2 is 1.42 bits per heavy atom. The van der Waals surface area contributed by atoms with Gasteiger partial charge in [0.25, 0.3) is 5.56 Å². The largest absolute Gasteiger partial charge is 1.00 e. The molecule has 5 rings (SSSR count). The zero-order valence-corrected chi connectivity index (χ0v) is 27.6. The van der Waals surface area contributed by atoms with Gasteiger partial charge in [-0.15, -0.1) is 0 Å². The molecule has 0 saturated carbocycles. The quantitative estimate of drug-likeness (QED) is 0.161. The molecule has 1 aliphatic heterocycles. The maximum atomic E-state index is 13.0. The van der Waals surface area contributed by atoms with Crippen molar-refractivity contribution in [3.8, 4) is 0 Å². The first-order valence-electron chi connectivity index (χ1n) is 13.7. The molecule has 1 aliphatic rings. The molecule has 1 aromatic heterocycles. The third kappa shape index (κ3) is 6.88. The number of nitrogens with one attached hydrogen (secondary N) is 1. The van der Waals surface area contributed by atoms with Crippen LogP contribution in [0.15, 0.2) is 107 Å². The number of aryl methyl sites for hydroxylation is 1. The fourth-order valence-corrected chi connectivity index (χ4v) is 6.10. The van der Waals surface area contributed by atoms with Crippen LogP contribution < -0.4 is 45.7 Å². The minimum atomic E-state index is -4.31. The van der Waals surface area contributed by atoms with Crippen molar-refractivity contribution in [3.63, 3.8) is 0 Å². The van der Waals surface area contributed by atoms with Crippen LogP contribution >= 0.6 is 7.75 Å². The molecule has 10 nitrogen and oxygen atoms in total. The third-order valence-corrected chi connectivity index (χ3v) is 9.02. The summed E-state index contributed by atoms with van der Waals surface area (Å²) in [5.41, 5.74) is 1.34. The van der Waals surface area contributed by atoms with Crippen LogP contribution in [0, 0.1) is 6.92 Å². The summed E-state index contributed by atoms with van der Waals surface area (Å²) in [5.74, 6) is 0. The Labute approximate surface area is 272 Å². The minimum absolute atomic E-state index is 0. The van der Waals surface area contributed by atoms with Gasteiger partial charge in [0.15, 0.2) is 6.23 Å². The second-order valence-electron chi connectivity index (χ2n) is 10.5. The van der Waals surface area contributed by atoms with Gasteiger partial charge in [0, 0.05) is 24.8 Å². The van der Waals surface area contributed by atoms with Gasteiger partial charge in [-0.1, -0.05) is 91.0 Å². The average molecular weight is 613 g/mol. The first kappa shape index (κ1) is 33.3. The normalized spacial score (nSPS) is 19.0. The van der Waals surface area contributed by atoms with Gasteiger partial charge in [-0.05, 0) is 37.7 Å². The Morgan fingerprint density at radius 3 is 1.88 bits per heavy atom. The van der Waals surface area contributed by atoms with Crippen molar-refractivity contribution in [1.82, 2.24) is 19.1 Å². The van der Waals surface area contributed by atoms with E-state index in [-0.39, 0.29) is 49.3 Å². The summed E-state index contributed by atoms with van der Waals surface area (Å²) in [7, 11) is -1.51. The SMILES string of the molecule is Cc1cn([C@H]2CN(C(c3ccccc3)(c3ccccc3)c3ccccc3)C[C@@H](COP(=O)([O-])N(C)C)O2)c(=O)[nH]c1=O.[Na+]. The topological polar surface area (TPSA) is 120 Å². The molecule has 0 amide bonds. The Kier molecular flexibility index (Phi) is 10.8. The van der Waals surface area contributed by atoms with Crippen molar-refractivity contribution in [3.05, 3.63) is 140 Å². The van der Waals surface area contributed by atoms with E-state index in [0.717, 1.165) is 21.4 Å². The molecule has 1 unspecified atom stereocenters. The third-order valence-electron chi connectivity index (χ3n) is 7.57. The van der Waals surface area contributed by atoms with E-state index in [9.17, 15) is 19.0 Å². The van der Waals surface area contributed by atoms with Gasteiger partial charge in [-0.25, -0.2) is 9.46 Å². The molecule has 0 bridgehead atoms. The van der Waals surface area contributed by atoms with E-state index in [1.807, 2.05) is 54.6 Å². The first-order valence-corrected chi connectivity index (χ1v) is 15.1. The van der Waals surface area contributed by atoms with Crippen molar-refractivity contribution >= 4 is 7.75 Å². The number of aromatic amines is 1. The van der Waals surface area contributed by atoms with Crippen molar-refractivity contribution < 1.29 is 48.3 Å². The van der Waals surface area contributed by atoms with Crippen molar-refractivity contribution in [2.24, 2.45) is 0 Å². The molecule has 4 aromatic rings. The Hall–Kier alpha value is -2.63. The maximum absolute atomic E-state index is 13.0. The summed E-state index contributed by atoms with van der Waals surface area (Å²) in [4.78, 5) is 42.4. The molecular weight excluding hydrogens is 578 g/mol. The van der Waals surface area contributed by atoms with Gasteiger partial charge in [-0.2, -0.15) is 0 Å². The summed E-state index contributed by atoms with van der Waals surface area (Å²) in [6, 6.07) is 30.1. The molecule has 3 aromatic carbocycles. The fraction of sp³-hybridized carbons (Fsp3) is 0.290. The molecule has 0 spiro atoms. The van der Waals surface area contributed by atoms with Crippen LogP contribution in [0.25, 0.3) is 0 Å². The van der Waals surface area contributed by atoms with E-state index in [1.165, 1.54) is 24.9 Å². The molecule has 0 aliphatic carbocycles. The van der Waals surface area contributed by atoms with E-state index >= 15 is 0 Å². The van der Waals surface area contributed by atoms with Crippen molar-refractivity contribution in [2.45, 2.75) is 24.8 Å². The van der Waals surface area contributed by atoms with E-state index < -0.39 is 36.9 Å². The number of nitrogens with zero attached hydrogens (tertiary/aromatic N) is 3. The number of hydrogen-bond acceptors (Lipinski definition) is 7. The van der Waals surface area contributed by atoms with Crippen LogP contribution in [0.5, 0.6) is 0 Å². The van der Waals surface area contributed by atoms with Gasteiger partial charge in [-0.3, -0.25) is 23.8 Å². The van der Waals surface area contributed by atoms with Gasteiger partial charge in [0.2, 0.25) is 7.75 Å². The monoisotopic (exact) mass is 612 g/mol. The van der Waals surface area contributed by atoms with Crippen LogP contribution in [0.2, 0.25) is 0 Å². The zero-order chi connectivity index (χ0) is 29.9. The number of rotatable bonds is 9. The smallest absolute Gasteiger partial charge is 0.766 e. The van der Waals surface area contributed by atoms with E-state index in [1.54, 1.807) is 6.92 Å². The predicted octanol–water partition coefficient (Wildman–Crippen LogP) is 0.0871. The average Bonchev–Trinajstić information content (AvgIpc) is 3.00. The summed E-state index contributed by atoms with van der Waals surface area (Å²) in [6.45, 7) is 1.86. The Bertz CT molecular complexity index is 1570. The summed E-state index contributed by atoms with van der Waals surface area (Å²) in [6.07, 6.45) is -0.141. The standard InChI is InChI=1S/C31H35N4O6P.Na/c1-23-19-35(30(37)32-29(23)36)28-21-34(20-27(41-28)22-40-42(38,39)33(2)3)31(24-13-7-4-8-14-24,25-15-9-5-10-16-25)26-17-11-6-12-18-26;/h4-19,27-28H,20-22H2,1-3H3,(H,38,39)(H,32,36,37);/q;+1/p-1/t27-,28+;/m0./s1. The number of morpholine rings is 1. The van der Waals surface area contributed by atoms with E-state index in [4.69, 9.17) is 9.26 Å². The van der Waals surface area contributed by atoms with Gasteiger partial charge < -0.3 is 14.2 Å².